The number of fused-ring (bicyclic) bond motifs is 1. The van der Waals surface area contributed by atoms with Gasteiger partial charge in [0.05, 0.1) is 28.5 Å². The van der Waals surface area contributed by atoms with E-state index in [0.717, 1.165) is 31.2 Å². The molecule has 21 heavy (non-hydrogen) atoms. The zero-order valence-electron chi connectivity index (χ0n) is 10.8. The van der Waals surface area contributed by atoms with E-state index in [1.807, 2.05) is 30.3 Å². The Morgan fingerprint density at radius 3 is 2.67 bits per heavy atom. The highest BCUT2D eigenvalue weighted by Gasteiger charge is 2.06. The van der Waals surface area contributed by atoms with Gasteiger partial charge in [-0.25, -0.2) is 0 Å². The molecule has 3 rings (SSSR count). The molecular weight excluding hydrogens is 394 g/mol. The summed E-state index contributed by atoms with van der Waals surface area (Å²) in [6.45, 7) is 0. The smallest absolute Gasteiger partial charge is 0.0992 e. The molecular formula is C16H9Br2N3. The molecule has 1 aromatic heterocycles. The summed E-state index contributed by atoms with van der Waals surface area (Å²) in [5.74, 6) is 0. The van der Waals surface area contributed by atoms with Gasteiger partial charge in [-0.15, -0.1) is 0 Å². The van der Waals surface area contributed by atoms with Gasteiger partial charge >= 0.3 is 0 Å². The topological polar surface area (TPSA) is 48.7 Å². The lowest BCUT2D eigenvalue weighted by Crippen LogP contribution is -1.94. The average molecular weight is 403 g/mol. The normalized spacial score (nSPS) is 10.3. The molecule has 0 spiro atoms. The largest absolute Gasteiger partial charge is 0.353 e. The predicted molar refractivity (Wildman–Crippen MR) is 91.6 cm³/mol. The molecule has 3 nitrogen and oxygen atoms in total. The number of rotatable bonds is 2. The van der Waals surface area contributed by atoms with Crippen molar-refractivity contribution in [3.05, 3.63) is 63.2 Å². The molecule has 0 fully saturated rings. The molecule has 0 aliphatic heterocycles. The fraction of sp³-hybridized carbons (Fsp3) is 0. The van der Waals surface area contributed by atoms with Crippen molar-refractivity contribution in [1.82, 2.24) is 4.98 Å². The van der Waals surface area contributed by atoms with Crippen LogP contribution in [0.1, 0.15) is 5.56 Å². The summed E-state index contributed by atoms with van der Waals surface area (Å²) in [7, 11) is 0. The van der Waals surface area contributed by atoms with Gasteiger partial charge in [-0.3, -0.25) is 4.98 Å². The first kappa shape index (κ1) is 14.1. The number of hydrogen-bond acceptors (Lipinski definition) is 3. The van der Waals surface area contributed by atoms with E-state index in [2.05, 4.69) is 48.2 Å². The van der Waals surface area contributed by atoms with Crippen molar-refractivity contribution in [3.8, 4) is 6.07 Å². The Labute approximate surface area is 138 Å². The van der Waals surface area contributed by atoms with Crippen LogP contribution in [0.2, 0.25) is 0 Å². The molecule has 1 N–H and O–H groups in total. The lowest BCUT2D eigenvalue weighted by atomic mass is 10.1. The second kappa shape index (κ2) is 5.84. The molecule has 2 aromatic carbocycles. The maximum Gasteiger partial charge on any atom is 0.0992 e. The number of para-hydroxylation sites is 1. The van der Waals surface area contributed by atoms with Gasteiger partial charge in [0.2, 0.25) is 0 Å². The number of aromatic nitrogens is 1. The van der Waals surface area contributed by atoms with Crippen LogP contribution >= 0.6 is 31.9 Å². The fourth-order valence-electron chi connectivity index (χ4n) is 2.07. The number of nitrogens with one attached hydrogen (secondary N) is 1. The molecule has 0 bridgehead atoms. The van der Waals surface area contributed by atoms with Gasteiger partial charge in [-0.05, 0) is 62.2 Å². The summed E-state index contributed by atoms with van der Waals surface area (Å²) in [6.07, 6.45) is 1.78. The van der Waals surface area contributed by atoms with Crippen LogP contribution in [-0.2, 0) is 0 Å². The number of halogens is 2. The number of nitriles is 1. The Morgan fingerprint density at radius 1 is 1.05 bits per heavy atom. The minimum Gasteiger partial charge on any atom is -0.353 e. The second-order valence-corrected chi connectivity index (χ2v) is 6.23. The molecule has 0 unspecified atom stereocenters. The van der Waals surface area contributed by atoms with Crippen molar-refractivity contribution in [2.24, 2.45) is 0 Å². The molecule has 0 atom stereocenters. The third-order valence-electron chi connectivity index (χ3n) is 3.05. The molecule has 0 saturated carbocycles. The third-order valence-corrected chi connectivity index (χ3v) is 4.13. The Hall–Kier alpha value is -1.90. The molecule has 1 heterocycles. The summed E-state index contributed by atoms with van der Waals surface area (Å²) in [6, 6.07) is 15.6. The summed E-state index contributed by atoms with van der Waals surface area (Å²) >= 11 is 6.91. The Balaban J connectivity index is 2.04. The SMILES string of the molecule is N#Cc1ccc(Nc2cccc3cc(Br)cnc23)c(Br)c1. The second-order valence-electron chi connectivity index (χ2n) is 4.46. The van der Waals surface area contributed by atoms with Crippen molar-refractivity contribution < 1.29 is 0 Å². The Bertz CT molecular complexity index is 869. The molecule has 3 aromatic rings. The van der Waals surface area contributed by atoms with E-state index < -0.39 is 0 Å². The average Bonchev–Trinajstić information content (AvgIpc) is 2.49. The summed E-state index contributed by atoms with van der Waals surface area (Å²) in [4.78, 5) is 4.46. The Morgan fingerprint density at radius 2 is 1.90 bits per heavy atom. The van der Waals surface area contributed by atoms with Gasteiger partial charge in [0, 0.05) is 20.5 Å². The van der Waals surface area contributed by atoms with Crippen molar-refractivity contribution in [2.75, 3.05) is 5.32 Å². The fourth-order valence-corrected chi connectivity index (χ4v) is 2.89. The highest BCUT2D eigenvalue weighted by molar-refractivity contribution is 9.10. The van der Waals surface area contributed by atoms with Crippen LogP contribution in [-0.4, -0.2) is 4.98 Å². The van der Waals surface area contributed by atoms with E-state index in [1.54, 1.807) is 18.3 Å². The lowest BCUT2D eigenvalue weighted by molar-refractivity contribution is 1.38. The zero-order chi connectivity index (χ0) is 14.8. The van der Waals surface area contributed by atoms with Crippen LogP contribution in [0.15, 0.2) is 57.6 Å². The molecule has 0 aliphatic carbocycles. The standard InChI is InChI=1S/C16H9Br2N3/c17-12-7-11-2-1-3-15(16(11)20-9-12)21-14-5-4-10(8-19)6-13(14)18/h1-7,9,21H. The van der Waals surface area contributed by atoms with Crippen LogP contribution in [0.25, 0.3) is 10.9 Å². The van der Waals surface area contributed by atoms with Crippen molar-refractivity contribution in [3.63, 3.8) is 0 Å². The van der Waals surface area contributed by atoms with E-state index in [1.165, 1.54) is 0 Å². The molecule has 0 radical (unpaired) electrons. The summed E-state index contributed by atoms with van der Waals surface area (Å²) in [5.41, 5.74) is 3.33. The third kappa shape index (κ3) is 2.92. The lowest BCUT2D eigenvalue weighted by Gasteiger charge is -2.11. The molecule has 5 heteroatoms. The zero-order valence-corrected chi connectivity index (χ0v) is 13.9. The van der Waals surface area contributed by atoms with Crippen molar-refractivity contribution >= 4 is 54.1 Å². The van der Waals surface area contributed by atoms with Crippen LogP contribution in [0.5, 0.6) is 0 Å². The summed E-state index contributed by atoms with van der Waals surface area (Å²) in [5, 5.41) is 13.3. The first-order chi connectivity index (χ1) is 10.2. The predicted octanol–water partition coefficient (Wildman–Crippen LogP) is 5.38. The first-order valence-corrected chi connectivity index (χ1v) is 7.77. The van der Waals surface area contributed by atoms with Crippen LogP contribution in [0, 0.1) is 11.3 Å². The number of benzene rings is 2. The monoisotopic (exact) mass is 401 g/mol. The minimum absolute atomic E-state index is 0.618. The van der Waals surface area contributed by atoms with Gasteiger partial charge in [-0.1, -0.05) is 12.1 Å². The van der Waals surface area contributed by atoms with Crippen LogP contribution < -0.4 is 5.32 Å². The van der Waals surface area contributed by atoms with E-state index >= 15 is 0 Å². The number of nitrogens with zero attached hydrogens (tertiary/aromatic N) is 2. The maximum atomic E-state index is 8.90. The van der Waals surface area contributed by atoms with Gasteiger partial charge in [0.1, 0.15) is 0 Å². The minimum atomic E-state index is 0.618. The molecule has 0 amide bonds. The molecule has 0 saturated heterocycles. The molecule has 0 aliphatic rings. The number of hydrogen-bond donors (Lipinski definition) is 1. The first-order valence-electron chi connectivity index (χ1n) is 6.18. The van der Waals surface area contributed by atoms with Gasteiger partial charge in [0.25, 0.3) is 0 Å². The number of anilines is 2. The number of pyridine rings is 1. The summed E-state index contributed by atoms with van der Waals surface area (Å²) < 4.78 is 1.79. The molecule has 102 valence electrons. The highest BCUT2D eigenvalue weighted by atomic mass is 79.9. The van der Waals surface area contributed by atoms with E-state index in [-0.39, 0.29) is 0 Å². The van der Waals surface area contributed by atoms with Crippen LogP contribution in [0.3, 0.4) is 0 Å². The van der Waals surface area contributed by atoms with E-state index in [9.17, 15) is 0 Å². The maximum absolute atomic E-state index is 8.90. The quantitative estimate of drug-likeness (QED) is 0.626. The van der Waals surface area contributed by atoms with Gasteiger partial charge in [0.15, 0.2) is 0 Å². The van der Waals surface area contributed by atoms with Crippen molar-refractivity contribution in [2.45, 2.75) is 0 Å². The highest BCUT2D eigenvalue weighted by Crippen LogP contribution is 2.30. The Kier molecular flexibility index (Phi) is 3.91. The van der Waals surface area contributed by atoms with Gasteiger partial charge in [-0.2, -0.15) is 5.26 Å². The van der Waals surface area contributed by atoms with E-state index in [4.69, 9.17) is 5.26 Å². The van der Waals surface area contributed by atoms with Gasteiger partial charge < -0.3 is 5.32 Å². The van der Waals surface area contributed by atoms with E-state index in [0.29, 0.717) is 5.56 Å². The van der Waals surface area contributed by atoms with Crippen molar-refractivity contribution in [1.29, 1.82) is 5.26 Å². The van der Waals surface area contributed by atoms with Crippen LogP contribution in [0.4, 0.5) is 11.4 Å².